The second-order valence-electron chi connectivity index (χ2n) is 7.10. The number of nitrogens with zero attached hydrogens (tertiary/aromatic N) is 2. The summed E-state index contributed by atoms with van der Waals surface area (Å²) in [6, 6.07) is 4.07. The van der Waals surface area contributed by atoms with Crippen molar-refractivity contribution in [2.45, 2.75) is 38.6 Å². The second kappa shape index (κ2) is 7.17. The van der Waals surface area contributed by atoms with Gasteiger partial charge in [-0.25, -0.2) is 9.97 Å². The summed E-state index contributed by atoms with van der Waals surface area (Å²) in [5.74, 6) is 0.695. The molecule has 1 aliphatic carbocycles. The normalized spacial score (nSPS) is 21.6. The molecule has 1 aliphatic rings. The van der Waals surface area contributed by atoms with Gasteiger partial charge in [-0.15, -0.1) is 11.3 Å². The van der Waals surface area contributed by atoms with Crippen molar-refractivity contribution in [1.82, 2.24) is 15.0 Å². The summed E-state index contributed by atoms with van der Waals surface area (Å²) in [5.41, 5.74) is 8.48. The molecular weight excluding hydrogens is 346 g/mol. The lowest BCUT2D eigenvalue weighted by Gasteiger charge is -2.30. The number of nitrogens with two attached hydrogens (primary N) is 1. The molecule has 1 atom stereocenters. The highest BCUT2D eigenvalue weighted by Crippen LogP contribution is 2.33. The van der Waals surface area contributed by atoms with E-state index in [0.29, 0.717) is 5.92 Å². The molecule has 3 heterocycles. The minimum absolute atomic E-state index is 0.0607. The number of pyridine rings is 1. The van der Waals surface area contributed by atoms with Crippen molar-refractivity contribution < 1.29 is 4.79 Å². The molecule has 0 aliphatic heterocycles. The quantitative estimate of drug-likeness (QED) is 0.652. The number of anilines is 1. The van der Waals surface area contributed by atoms with E-state index >= 15 is 0 Å². The second-order valence-corrected chi connectivity index (χ2v) is 8.00. The zero-order valence-corrected chi connectivity index (χ0v) is 15.6. The predicted molar refractivity (Wildman–Crippen MR) is 105 cm³/mol. The van der Waals surface area contributed by atoms with E-state index in [4.69, 9.17) is 5.73 Å². The fraction of sp³-hybridized carbons (Fsp3) is 0.421. The number of hydrogen-bond acceptors (Lipinski definition) is 5. The van der Waals surface area contributed by atoms with Gasteiger partial charge < -0.3 is 16.0 Å². The van der Waals surface area contributed by atoms with Gasteiger partial charge in [0.15, 0.2) is 0 Å². The van der Waals surface area contributed by atoms with Crippen LogP contribution in [0, 0.1) is 11.8 Å². The van der Waals surface area contributed by atoms with Crippen molar-refractivity contribution in [3.63, 3.8) is 0 Å². The lowest BCUT2D eigenvalue weighted by Crippen LogP contribution is -2.33. The van der Waals surface area contributed by atoms with E-state index in [-0.39, 0.29) is 17.9 Å². The van der Waals surface area contributed by atoms with Crippen molar-refractivity contribution in [3.05, 3.63) is 29.9 Å². The highest BCUT2D eigenvalue weighted by atomic mass is 32.1. The average Bonchev–Trinajstić information content (AvgIpc) is 3.31. The van der Waals surface area contributed by atoms with E-state index in [9.17, 15) is 4.79 Å². The van der Waals surface area contributed by atoms with E-state index < -0.39 is 0 Å². The first-order valence-electron chi connectivity index (χ1n) is 9.06. The van der Waals surface area contributed by atoms with Crippen molar-refractivity contribution in [2.75, 3.05) is 5.32 Å². The molecule has 0 aromatic carbocycles. The van der Waals surface area contributed by atoms with Gasteiger partial charge in [-0.3, -0.25) is 4.79 Å². The molecule has 1 saturated carbocycles. The molecule has 136 valence electrons. The molecule has 0 radical (unpaired) electrons. The Hall–Kier alpha value is -2.25. The number of carbonyl (C=O) groups excluding carboxylic acids is 1. The van der Waals surface area contributed by atoms with Crippen LogP contribution >= 0.6 is 11.3 Å². The van der Waals surface area contributed by atoms with Crippen LogP contribution < -0.4 is 11.1 Å². The van der Waals surface area contributed by atoms with Gasteiger partial charge in [0.25, 0.3) is 0 Å². The Morgan fingerprint density at radius 3 is 2.81 bits per heavy atom. The zero-order chi connectivity index (χ0) is 18.1. The summed E-state index contributed by atoms with van der Waals surface area (Å²) in [7, 11) is 0. The third-order valence-corrected chi connectivity index (χ3v) is 6.15. The molecule has 3 aromatic rings. The van der Waals surface area contributed by atoms with Crippen LogP contribution in [-0.4, -0.2) is 26.9 Å². The largest absolute Gasteiger partial charge is 0.337 e. The smallest absolute Gasteiger partial charge is 0.227 e. The van der Waals surface area contributed by atoms with Crippen LogP contribution in [0.15, 0.2) is 29.9 Å². The van der Waals surface area contributed by atoms with Crippen molar-refractivity contribution >= 4 is 34.0 Å². The van der Waals surface area contributed by atoms with Gasteiger partial charge in [-0.05, 0) is 50.7 Å². The number of aromatic amines is 1. The van der Waals surface area contributed by atoms with Gasteiger partial charge in [-0.2, -0.15) is 0 Å². The van der Waals surface area contributed by atoms with Gasteiger partial charge in [0, 0.05) is 35.1 Å². The Morgan fingerprint density at radius 1 is 1.31 bits per heavy atom. The number of amides is 1. The molecule has 0 saturated heterocycles. The molecule has 1 amide bonds. The maximum Gasteiger partial charge on any atom is 0.227 e. The van der Waals surface area contributed by atoms with E-state index in [2.05, 4.69) is 27.2 Å². The Bertz CT molecular complexity index is 894. The molecule has 6 nitrogen and oxygen atoms in total. The Labute approximate surface area is 156 Å². The third-order valence-electron chi connectivity index (χ3n) is 5.34. The molecule has 0 spiro atoms. The summed E-state index contributed by atoms with van der Waals surface area (Å²) >= 11 is 1.57. The first-order chi connectivity index (χ1) is 12.6. The summed E-state index contributed by atoms with van der Waals surface area (Å²) in [6.07, 6.45) is 7.36. The van der Waals surface area contributed by atoms with Gasteiger partial charge in [0.1, 0.15) is 10.7 Å². The SMILES string of the molecule is CC(N)C1CCC(C(=O)Nc2ccnc3[nH]c(-c4nccs4)cc23)CC1. The summed E-state index contributed by atoms with van der Waals surface area (Å²) in [6.45, 7) is 2.06. The zero-order valence-electron chi connectivity index (χ0n) is 14.7. The number of thiazole rings is 1. The van der Waals surface area contributed by atoms with Gasteiger partial charge >= 0.3 is 0 Å². The maximum absolute atomic E-state index is 12.7. The molecule has 4 rings (SSSR count). The van der Waals surface area contributed by atoms with Crippen LogP contribution in [0.2, 0.25) is 0 Å². The summed E-state index contributed by atoms with van der Waals surface area (Å²) in [4.78, 5) is 24.7. The van der Waals surface area contributed by atoms with Crippen LogP contribution in [0.5, 0.6) is 0 Å². The number of rotatable bonds is 4. The lowest BCUT2D eigenvalue weighted by atomic mass is 9.79. The fourth-order valence-electron chi connectivity index (χ4n) is 3.75. The number of hydrogen-bond donors (Lipinski definition) is 3. The number of carbonyl (C=O) groups is 1. The first-order valence-corrected chi connectivity index (χ1v) is 9.94. The van der Waals surface area contributed by atoms with Gasteiger partial charge in [0.05, 0.1) is 11.4 Å². The van der Waals surface area contributed by atoms with E-state index in [1.54, 1.807) is 23.7 Å². The number of H-pyrrole nitrogens is 1. The van der Waals surface area contributed by atoms with Crippen molar-refractivity contribution in [2.24, 2.45) is 17.6 Å². The fourth-order valence-corrected chi connectivity index (χ4v) is 4.36. The minimum Gasteiger partial charge on any atom is -0.337 e. The topological polar surface area (TPSA) is 96.7 Å². The number of aromatic nitrogens is 3. The molecule has 0 bridgehead atoms. The predicted octanol–water partition coefficient (Wildman–Crippen LogP) is 3.78. The Balaban J connectivity index is 1.51. The van der Waals surface area contributed by atoms with E-state index in [1.165, 1.54) is 0 Å². The van der Waals surface area contributed by atoms with Crippen LogP contribution in [0.4, 0.5) is 5.69 Å². The number of fused-ring (bicyclic) bond motifs is 1. The standard InChI is InChI=1S/C19H23N5OS/c1-11(20)12-2-4-13(5-3-12)18(25)24-15-6-7-21-17-14(15)10-16(23-17)19-22-8-9-26-19/h6-13H,2-5,20H2,1H3,(H2,21,23,24,25). The average molecular weight is 369 g/mol. The highest BCUT2D eigenvalue weighted by molar-refractivity contribution is 7.13. The molecule has 4 N–H and O–H groups in total. The summed E-state index contributed by atoms with van der Waals surface area (Å²) < 4.78 is 0. The summed E-state index contributed by atoms with van der Waals surface area (Å²) in [5, 5.41) is 6.87. The van der Waals surface area contributed by atoms with Crippen LogP contribution in [0.1, 0.15) is 32.6 Å². The van der Waals surface area contributed by atoms with E-state index in [0.717, 1.165) is 53.1 Å². The van der Waals surface area contributed by atoms with Gasteiger partial charge in [-0.1, -0.05) is 0 Å². The van der Waals surface area contributed by atoms with Crippen molar-refractivity contribution in [3.8, 4) is 10.7 Å². The van der Waals surface area contributed by atoms with Crippen LogP contribution in [0.25, 0.3) is 21.7 Å². The first kappa shape index (κ1) is 17.2. The molecule has 1 unspecified atom stereocenters. The van der Waals surface area contributed by atoms with Crippen LogP contribution in [-0.2, 0) is 4.79 Å². The molecule has 7 heteroatoms. The Kier molecular flexibility index (Phi) is 4.74. The van der Waals surface area contributed by atoms with E-state index in [1.807, 2.05) is 17.5 Å². The number of nitrogens with one attached hydrogen (secondary N) is 2. The molecule has 3 aromatic heterocycles. The molecular formula is C19H23N5OS. The van der Waals surface area contributed by atoms with Crippen LogP contribution in [0.3, 0.4) is 0 Å². The lowest BCUT2D eigenvalue weighted by molar-refractivity contribution is -0.121. The highest BCUT2D eigenvalue weighted by Gasteiger charge is 2.28. The molecule has 26 heavy (non-hydrogen) atoms. The third kappa shape index (κ3) is 3.37. The maximum atomic E-state index is 12.7. The minimum atomic E-state index is 0.0607. The molecule has 1 fully saturated rings. The van der Waals surface area contributed by atoms with Crippen molar-refractivity contribution in [1.29, 1.82) is 0 Å². The van der Waals surface area contributed by atoms with Gasteiger partial charge in [0.2, 0.25) is 5.91 Å². The Morgan fingerprint density at radius 2 is 2.12 bits per heavy atom. The monoisotopic (exact) mass is 369 g/mol.